The lowest BCUT2D eigenvalue weighted by molar-refractivity contribution is 0.663. The summed E-state index contributed by atoms with van der Waals surface area (Å²) in [6.45, 7) is 0. The van der Waals surface area contributed by atoms with Crippen molar-refractivity contribution in [2.24, 2.45) is 0 Å². The first-order chi connectivity index (χ1) is 9.25. The Hall–Kier alpha value is -1.12. The molecule has 0 radical (unpaired) electrons. The van der Waals surface area contributed by atoms with Crippen molar-refractivity contribution in [3.05, 3.63) is 59.7 Å². The largest absolute Gasteiger partial charge is 0.249 e. The van der Waals surface area contributed by atoms with Gasteiger partial charge in [-0.1, -0.05) is 24.3 Å². The highest BCUT2D eigenvalue weighted by molar-refractivity contribution is 7.85. The van der Waals surface area contributed by atoms with E-state index in [9.17, 15) is 4.21 Å². The van der Waals surface area contributed by atoms with Gasteiger partial charge in [0.15, 0.2) is 0 Å². The third kappa shape index (κ3) is 2.60. The van der Waals surface area contributed by atoms with Crippen LogP contribution in [0.1, 0.15) is 29.3 Å². The van der Waals surface area contributed by atoms with Gasteiger partial charge in [0.25, 0.3) is 0 Å². The predicted octanol–water partition coefficient (Wildman–Crippen LogP) is 4.47. The standard InChI is InChI=1S/C16H15ClOS/c17-16-8-4-5-12-11-14(9-10-15(12)16)19(18)13-6-2-1-3-7-13/h1-3,6-7,9-11,16H,4-5,8H2. The summed E-state index contributed by atoms with van der Waals surface area (Å²) in [5.41, 5.74) is 2.47. The van der Waals surface area contributed by atoms with E-state index in [1.807, 2.05) is 42.5 Å². The molecule has 19 heavy (non-hydrogen) atoms. The monoisotopic (exact) mass is 290 g/mol. The molecule has 0 fully saturated rings. The molecule has 1 nitrogen and oxygen atoms in total. The van der Waals surface area contributed by atoms with Gasteiger partial charge < -0.3 is 0 Å². The third-order valence-electron chi connectivity index (χ3n) is 3.53. The first kappa shape index (κ1) is 12.9. The molecule has 1 aliphatic rings. The lowest BCUT2D eigenvalue weighted by atomic mass is 9.91. The van der Waals surface area contributed by atoms with Crippen LogP contribution in [0.2, 0.25) is 0 Å². The zero-order chi connectivity index (χ0) is 13.2. The van der Waals surface area contributed by atoms with Crippen LogP contribution in [0.4, 0.5) is 0 Å². The van der Waals surface area contributed by atoms with E-state index < -0.39 is 10.8 Å². The highest BCUT2D eigenvalue weighted by Gasteiger charge is 2.19. The van der Waals surface area contributed by atoms with Gasteiger partial charge >= 0.3 is 0 Å². The average Bonchev–Trinajstić information content (AvgIpc) is 2.47. The fourth-order valence-electron chi connectivity index (χ4n) is 2.53. The normalized spacial score (nSPS) is 19.7. The molecule has 0 N–H and O–H groups in total. The number of benzene rings is 2. The van der Waals surface area contributed by atoms with Crippen LogP contribution in [0.15, 0.2) is 58.3 Å². The second kappa shape index (κ2) is 5.48. The maximum absolute atomic E-state index is 12.5. The number of hydrogen-bond acceptors (Lipinski definition) is 1. The summed E-state index contributed by atoms with van der Waals surface area (Å²) in [5.74, 6) is 0. The van der Waals surface area contributed by atoms with Crippen molar-refractivity contribution in [3.8, 4) is 0 Å². The number of rotatable bonds is 2. The fraction of sp³-hybridized carbons (Fsp3) is 0.250. The molecule has 0 aromatic heterocycles. The Bertz CT molecular complexity index is 609. The van der Waals surface area contributed by atoms with Crippen molar-refractivity contribution >= 4 is 22.4 Å². The minimum atomic E-state index is -1.10. The van der Waals surface area contributed by atoms with Crippen LogP contribution in [0.25, 0.3) is 0 Å². The Morgan fingerprint density at radius 1 is 1.05 bits per heavy atom. The quantitative estimate of drug-likeness (QED) is 0.746. The Morgan fingerprint density at radius 2 is 1.84 bits per heavy atom. The SMILES string of the molecule is O=S(c1ccccc1)c1ccc2c(c1)CCCC2Cl. The summed E-state index contributed by atoms with van der Waals surface area (Å²) in [6, 6.07) is 15.6. The van der Waals surface area contributed by atoms with E-state index in [0.717, 1.165) is 29.1 Å². The Balaban J connectivity index is 1.97. The second-order valence-corrected chi connectivity index (χ2v) is 6.81. The zero-order valence-corrected chi connectivity index (χ0v) is 12.1. The van der Waals surface area contributed by atoms with Crippen molar-refractivity contribution in [2.45, 2.75) is 34.4 Å². The molecule has 0 bridgehead atoms. The number of aryl methyl sites for hydroxylation is 1. The van der Waals surface area contributed by atoms with Crippen molar-refractivity contribution in [2.75, 3.05) is 0 Å². The molecule has 2 unspecified atom stereocenters. The molecular weight excluding hydrogens is 276 g/mol. The summed E-state index contributed by atoms with van der Waals surface area (Å²) in [6.07, 6.45) is 3.19. The second-order valence-electron chi connectivity index (χ2n) is 4.80. The van der Waals surface area contributed by atoms with E-state index in [2.05, 4.69) is 6.07 Å². The van der Waals surface area contributed by atoms with E-state index >= 15 is 0 Å². The van der Waals surface area contributed by atoms with Gasteiger partial charge in [-0.15, -0.1) is 11.6 Å². The molecular formula is C16H15ClOS. The molecule has 0 amide bonds. The van der Waals surface area contributed by atoms with Crippen LogP contribution in [0.5, 0.6) is 0 Å². The van der Waals surface area contributed by atoms with Crippen molar-refractivity contribution in [3.63, 3.8) is 0 Å². The van der Waals surface area contributed by atoms with E-state index in [0.29, 0.717) is 0 Å². The molecule has 0 aliphatic heterocycles. The Kier molecular flexibility index (Phi) is 3.72. The number of halogens is 1. The maximum Gasteiger partial charge on any atom is 0.0849 e. The van der Waals surface area contributed by atoms with Crippen LogP contribution >= 0.6 is 11.6 Å². The molecule has 2 aromatic rings. The van der Waals surface area contributed by atoms with Crippen LogP contribution < -0.4 is 0 Å². The lowest BCUT2D eigenvalue weighted by Gasteiger charge is -2.21. The molecule has 2 aromatic carbocycles. The van der Waals surface area contributed by atoms with Crippen LogP contribution in [0.3, 0.4) is 0 Å². The summed E-state index contributed by atoms with van der Waals surface area (Å²) >= 11 is 6.32. The molecule has 1 aliphatic carbocycles. The van der Waals surface area contributed by atoms with Crippen LogP contribution in [-0.4, -0.2) is 4.21 Å². The molecule has 3 heteroatoms. The van der Waals surface area contributed by atoms with Gasteiger partial charge in [-0.3, -0.25) is 0 Å². The topological polar surface area (TPSA) is 17.1 Å². The first-order valence-corrected chi connectivity index (χ1v) is 8.08. The minimum Gasteiger partial charge on any atom is -0.249 e. The number of fused-ring (bicyclic) bond motifs is 1. The smallest absolute Gasteiger partial charge is 0.0849 e. The maximum atomic E-state index is 12.5. The molecule has 0 saturated heterocycles. The van der Waals surface area contributed by atoms with E-state index in [1.165, 1.54) is 11.1 Å². The van der Waals surface area contributed by atoms with Gasteiger partial charge in [-0.2, -0.15) is 0 Å². The minimum absolute atomic E-state index is 0.114. The summed E-state index contributed by atoms with van der Waals surface area (Å²) in [7, 11) is -1.10. The van der Waals surface area contributed by atoms with E-state index in [1.54, 1.807) is 0 Å². The number of hydrogen-bond donors (Lipinski definition) is 0. The average molecular weight is 291 g/mol. The summed E-state index contributed by atoms with van der Waals surface area (Å²) in [4.78, 5) is 1.72. The molecule has 0 heterocycles. The van der Waals surface area contributed by atoms with Gasteiger partial charge in [0.05, 0.1) is 16.2 Å². The summed E-state index contributed by atoms with van der Waals surface area (Å²) in [5, 5.41) is 0.114. The van der Waals surface area contributed by atoms with Gasteiger partial charge in [0.2, 0.25) is 0 Å². The molecule has 2 atom stereocenters. The first-order valence-electron chi connectivity index (χ1n) is 6.49. The highest BCUT2D eigenvalue weighted by atomic mass is 35.5. The van der Waals surface area contributed by atoms with Gasteiger partial charge in [0.1, 0.15) is 0 Å². The number of alkyl halides is 1. The van der Waals surface area contributed by atoms with Crippen LogP contribution in [0, 0.1) is 0 Å². The molecule has 98 valence electrons. The summed E-state index contributed by atoms with van der Waals surface area (Å²) < 4.78 is 12.5. The van der Waals surface area contributed by atoms with Crippen molar-refractivity contribution in [1.29, 1.82) is 0 Å². The van der Waals surface area contributed by atoms with Crippen molar-refractivity contribution in [1.82, 2.24) is 0 Å². The molecule has 0 saturated carbocycles. The van der Waals surface area contributed by atoms with E-state index in [-0.39, 0.29) is 5.38 Å². The highest BCUT2D eigenvalue weighted by Crippen LogP contribution is 2.35. The van der Waals surface area contributed by atoms with Gasteiger partial charge in [-0.25, -0.2) is 4.21 Å². The lowest BCUT2D eigenvalue weighted by Crippen LogP contribution is -2.06. The predicted molar refractivity (Wildman–Crippen MR) is 79.1 cm³/mol. The zero-order valence-electron chi connectivity index (χ0n) is 10.5. The van der Waals surface area contributed by atoms with Crippen LogP contribution in [-0.2, 0) is 17.2 Å². The molecule has 0 spiro atoms. The Morgan fingerprint density at radius 3 is 2.63 bits per heavy atom. The fourth-order valence-corrected chi connectivity index (χ4v) is 4.01. The molecule has 3 rings (SSSR count). The van der Waals surface area contributed by atoms with Gasteiger partial charge in [0, 0.05) is 9.79 Å². The Labute approximate surface area is 121 Å². The van der Waals surface area contributed by atoms with Gasteiger partial charge in [-0.05, 0) is 54.7 Å². The third-order valence-corrected chi connectivity index (χ3v) is 5.36. The van der Waals surface area contributed by atoms with E-state index in [4.69, 9.17) is 11.6 Å². The van der Waals surface area contributed by atoms with Crippen molar-refractivity contribution < 1.29 is 4.21 Å².